The fourth-order valence-corrected chi connectivity index (χ4v) is 2.54. The topological polar surface area (TPSA) is 41.6 Å². The van der Waals surface area contributed by atoms with E-state index in [9.17, 15) is 5.26 Å². The first-order chi connectivity index (χ1) is 9.26. The lowest BCUT2D eigenvalue weighted by atomic mass is 9.85. The van der Waals surface area contributed by atoms with E-state index in [2.05, 4.69) is 23.4 Å². The van der Waals surface area contributed by atoms with E-state index in [0.717, 1.165) is 23.6 Å². The molecule has 1 fully saturated rings. The van der Waals surface area contributed by atoms with Gasteiger partial charge in [0.05, 0.1) is 17.8 Å². The number of aromatic nitrogens is 2. The maximum Gasteiger partial charge on any atom is 0.0998 e. The van der Waals surface area contributed by atoms with Gasteiger partial charge in [-0.1, -0.05) is 18.1 Å². The van der Waals surface area contributed by atoms with Gasteiger partial charge >= 0.3 is 0 Å². The van der Waals surface area contributed by atoms with Gasteiger partial charge in [0.2, 0.25) is 0 Å². The Balaban J connectivity index is 1.89. The third kappa shape index (κ3) is 2.39. The minimum absolute atomic E-state index is 0.716. The van der Waals surface area contributed by atoms with E-state index in [1.807, 2.05) is 29.9 Å². The van der Waals surface area contributed by atoms with Gasteiger partial charge < -0.3 is 0 Å². The Hall–Kier alpha value is -2.08. The molecule has 0 unspecified atom stereocenters. The second-order valence-corrected chi connectivity index (χ2v) is 5.41. The number of hydrogen-bond donors (Lipinski definition) is 0. The highest BCUT2D eigenvalue weighted by atomic mass is 15.3. The first-order valence-corrected chi connectivity index (χ1v) is 6.80. The zero-order valence-electron chi connectivity index (χ0n) is 11.1. The second-order valence-electron chi connectivity index (χ2n) is 5.41. The minimum atomic E-state index is 0.716. The zero-order valence-corrected chi connectivity index (χ0v) is 11.1. The monoisotopic (exact) mass is 251 g/mol. The summed E-state index contributed by atoms with van der Waals surface area (Å²) < 4.78 is 2.02. The van der Waals surface area contributed by atoms with Crippen LogP contribution in [0, 0.1) is 24.2 Å². The average molecular weight is 251 g/mol. The summed E-state index contributed by atoms with van der Waals surface area (Å²) in [7, 11) is 0. The van der Waals surface area contributed by atoms with Crippen LogP contribution in [0.25, 0.3) is 11.1 Å². The van der Waals surface area contributed by atoms with Crippen molar-refractivity contribution >= 4 is 0 Å². The lowest BCUT2D eigenvalue weighted by molar-refractivity contribution is 0.266. The predicted octanol–water partition coefficient (Wildman–Crippen LogP) is 3.53. The minimum Gasteiger partial charge on any atom is -0.272 e. The first kappa shape index (κ1) is 12.0. The van der Waals surface area contributed by atoms with Gasteiger partial charge in [0.25, 0.3) is 0 Å². The quantitative estimate of drug-likeness (QED) is 0.837. The number of aryl methyl sites for hydroxylation is 1. The smallest absolute Gasteiger partial charge is 0.0998 e. The van der Waals surface area contributed by atoms with E-state index in [4.69, 9.17) is 0 Å². The van der Waals surface area contributed by atoms with Gasteiger partial charge in [-0.25, -0.2) is 0 Å². The van der Waals surface area contributed by atoms with Crippen molar-refractivity contribution in [3.05, 3.63) is 41.7 Å². The number of rotatable bonds is 3. The molecule has 0 saturated heterocycles. The van der Waals surface area contributed by atoms with Gasteiger partial charge in [-0.3, -0.25) is 4.68 Å². The molecule has 0 radical (unpaired) electrons. The molecule has 0 spiro atoms. The summed E-state index contributed by atoms with van der Waals surface area (Å²) in [5.74, 6) is 0.792. The van der Waals surface area contributed by atoms with Gasteiger partial charge in [0.15, 0.2) is 0 Å². The van der Waals surface area contributed by atoms with Gasteiger partial charge in [-0.15, -0.1) is 0 Å². The maximum absolute atomic E-state index is 9.19. The van der Waals surface area contributed by atoms with Crippen LogP contribution in [0.2, 0.25) is 0 Å². The summed E-state index contributed by atoms with van der Waals surface area (Å²) >= 11 is 0. The molecule has 2 aromatic rings. The predicted molar refractivity (Wildman–Crippen MR) is 74.5 cm³/mol. The molecular formula is C16H17N3. The highest BCUT2D eigenvalue weighted by Gasteiger charge is 2.18. The molecule has 0 N–H and O–H groups in total. The van der Waals surface area contributed by atoms with Crippen LogP contribution in [0.3, 0.4) is 0 Å². The molecule has 1 aromatic heterocycles. The third-order valence-electron chi connectivity index (χ3n) is 3.91. The van der Waals surface area contributed by atoms with Crippen molar-refractivity contribution in [2.75, 3.05) is 0 Å². The Bertz CT molecular complexity index is 630. The number of nitriles is 1. The van der Waals surface area contributed by atoms with Crippen LogP contribution in [-0.4, -0.2) is 9.78 Å². The van der Waals surface area contributed by atoms with E-state index in [0.29, 0.717) is 5.56 Å². The molecule has 19 heavy (non-hydrogen) atoms. The average Bonchev–Trinajstić information content (AvgIpc) is 2.82. The van der Waals surface area contributed by atoms with E-state index in [-0.39, 0.29) is 0 Å². The molecule has 96 valence electrons. The molecule has 0 bridgehead atoms. The van der Waals surface area contributed by atoms with Crippen molar-refractivity contribution in [3.63, 3.8) is 0 Å². The van der Waals surface area contributed by atoms with Crippen molar-refractivity contribution in [1.29, 1.82) is 5.26 Å². The Labute approximate surface area is 113 Å². The summed E-state index contributed by atoms with van der Waals surface area (Å²) in [5.41, 5.74) is 3.91. The van der Waals surface area contributed by atoms with Crippen molar-refractivity contribution in [1.82, 2.24) is 9.78 Å². The number of hydrogen-bond acceptors (Lipinski definition) is 2. The van der Waals surface area contributed by atoms with E-state index in [1.54, 1.807) is 0 Å². The van der Waals surface area contributed by atoms with Crippen LogP contribution >= 0.6 is 0 Å². The van der Waals surface area contributed by atoms with Crippen LogP contribution < -0.4 is 0 Å². The summed E-state index contributed by atoms with van der Waals surface area (Å²) in [6.07, 6.45) is 7.93. The lowest BCUT2D eigenvalue weighted by Gasteiger charge is -2.24. The largest absolute Gasteiger partial charge is 0.272 e. The van der Waals surface area contributed by atoms with Crippen molar-refractivity contribution < 1.29 is 0 Å². The Morgan fingerprint density at radius 2 is 2.26 bits per heavy atom. The molecule has 0 atom stereocenters. The van der Waals surface area contributed by atoms with Gasteiger partial charge in [0.1, 0.15) is 0 Å². The van der Waals surface area contributed by atoms with Crippen molar-refractivity contribution in [2.24, 2.45) is 5.92 Å². The molecule has 3 rings (SSSR count). The van der Waals surface area contributed by atoms with Crippen LogP contribution in [0.1, 0.15) is 30.4 Å². The Morgan fingerprint density at radius 1 is 1.42 bits per heavy atom. The van der Waals surface area contributed by atoms with Crippen LogP contribution in [-0.2, 0) is 6.54 Å². The molecule has 1 saturated carbocycles. The molecule has 1 aliphatic carbocycles. The third-order valence-corrected chi connectivity index (χ3v) is 3.91. The SMILES string of the molecule is Cc1ccc(C#N)c(-c2cnn(CC3CCC3)c2)c1. The molecule has 3 heteroatoms. The van der Waals surface area contributed by atoms with Crippen LogP contribution in [0.15, 0.2) is 30.6 Å². The van der Waals surface area contributed by atoms with E-state index in [1.165, 1.54) is 24.8 Å². The molecule has 1 aliphatic rings. The Morgan fingerprint density at radius 3 is 2.95 bits per heavy atom. The molecule has 1 heterocycles. The fourth-order valence-electron chi connectivity index (χ4n) is 2.54. The maximum atomic E-state index is 9.19. The lowest BCUT2D eigenvalue weighted by Crippen LogP contribution is -2.18. The molecule has 0 amide bonds. The molecular weight excluding hydrogens is 234 g/mol. The van der Waals surface area contributed by atoms with E-state index >= 15 is 0 Å². The zero-order chi connectivity index (χ0) is 13.2. The van der Waals surface area contributed by atoms with Gasteiger partial charge in [-0.05, 0) is 37.8 Å². The molecule has 1 aromatic carbocycles. The van der Waals surface area contributed by atoms with Gasteiger partial charge in [0, 0.05) is 23.9 Å². The van der Waals surface area contributed by atoms with Crippen molar-refractivity contribution in [3.8, 4) is 17.2 Å². The molecule has 0 aliphatic heterocycles. The first-order valence-electron chi connectivity index (χ1n) is 6.80. The summed E-state index contributed by atoms with van der Waals surface area (Å²) in [5, 5.41) is 13.6. The van der Waals surface area contributed by atoms with Crippen LogP contribution in [0.4, 0.5) is 0 Å². The fraction of sp³-hybridized carbons (Fsp3) is 0.375. The standard InChI is InChI=1S/C16H17N3/c1-12-5-6-14(8-17)16(7-12)15-9-18-19(11-15)10-13-3-2-4-13/h5-7,9,11,13H,2-4,10H2,1H3. The van der Waals surface area contributed by atoms with Crippen molar-refractivity contribution in [2.45, 2.75) is 32.7 Å². The Kier molecular flexibility index (Phi) is 3.08. The summed E-state index contributed by atoms with van der Waals surface area (Å²) in [6, 6.07) is 8.17. The van der Waals surface area contributed by atoms with Crippen LogP contribution in [0.5, 0.6) is 0 Å². The second kappa shape index (κ2) is 4.89. The number of nitrogens with zero attached hydrogens (tertiary/aromatic N) is 3. The highest BCUT2D eigenvalue weighted by molar-refractivity contribution is 5.70. The highest BCUT2D eigenvalue weighted by Crippen LogP contribution is 2.29. The number of benzene rings is 1. The normalized spacial score (nSPS) is 14.9. The summed E-state index contributed by atoms with van der Waals surface area (Å²) in [4.78, 5) is 0. The summed E-state index contributed by atoms with van der Waals surface area (Å²) in [6.45, 7) is 3.05. The van der Waals surface area contributed by atoms with Gasteiger partial charge in [-0.2, -0.15) is 10.4 Å². The molecule has 3 nitrogen and oxygen atoms in total. The van der Waals surface area contributed by atoms with E-state index < -0.39 is 0 Å².